The quantitative estimate of drug-likeness (QED) is 0.817. The maximum Gasteiger partial charge on any atom is 0.273 e. The standard InChI is InChI=1S/C16H20N2O3S/c1-12-3-5-13(6-4-12)15-17-14(11-22-15)16(21)18(8-10-20)7-2-9-19/h3-6,11,19-20H,2,7-10H2,1H3. The van der Waals surface area contributed by atoms with E-state index in [0.29, 0.717) is 18.7 Å². The molecule has 6 heteroatoms. The van der Waals surface area contributed by atoms with Gasteiger partial charge in [0.05, 0.1) is 6.61 Å². The Morgan fingerprint density at radius 1 is 1.18 bits per heavy atom. The van der Waals surface area contributed by atoms with Crippen LogP contribution in [0.4, 0.5) is 0 Å². The van der Waals surface area contributed by atoms with Gasteiger partial charge in [-0.05, 0) is 13.3 Å². The Labute approximate surface area is 133 Å². The smallest absolute Gasteiger partial charge is 0.273 e. The lowest BCUT2D eigenvalue weighted by atomic mass is 10.2. The number of carbonyl (C=O) groups is 1. The van der Waals surface area contributed by atoms with Crippen LogP contribution in [0.2, 0.25) is 0 Å². The van der Waals surface area contributed by atoms with Crippen molar-refractivity contribution in [2.75, 3.05) is 26.3 Å². The van der Waals surface area contributed by atoms with E-state index in [1.165, 1.54) is 21.8 Å². The summed E-state index contributed by atoms with van der Waals surface area (Å²) in [7, 11) is 0. The summed E-state index contributed by atoms with van der Waals surface area (Å²) in [6.45, 7) is 2.59. The molecular weight excluding hydrogens is 300 g/mol. The summed E-state index contributed by atoms with van der Waals surface area (Å²) in [6, 6.07) is 7.99. The molecule has 1 heterocycles. The predicted molar refractivity (Wildman–Crippen MR) is 87.0 cm³/mol. The average molecular weight is 320 g/mol. The first-order valence-corrected chi connectivity index (χ1v) is 8.07. The van der Waals surface area contributed by atoms with Crippen LogP contribution in [0.5, 0.6) is 0 Å². The molecule has 0 aliphatic rings. The number of nitrogens with zero attached hydrogens (tertiary/aromatic N) is 2. The highest BCUT2D eigenvalue weighted by atomic mass is 32.1. The van der Waals surface area contributed by atoms with Crippen LogP contribution in [0.15, 0.2) is 29.6 Å². The number of aryl methyl sites for hydroxylation is 1. The van der Waals surface area contributed by atoms with E-state index in [9.17, 15) is 4.79 Å². The van der Waals surface area contributed by atoms with Crippen molar-refractivity contribution in [3.63, 3.8) is 0 Å². The van der Waals surface area contributed by atoms with Crippen LogP contribution < -0.4 is 0 Å². The third kappa shape index (κ3) is 4.13. The lowest BCUT2D eigenvalue weighted by molar-refractivity contribution is 0.0705. The molecule has 0 fully saturated rings. The second-order valence-electron chi connectivity index (χ2n) is 5.00. The first kappa shape index (κ1) is 16.6. The highest BCUT2D eigenvalue weighted by Crippen LogP contribution is 2.24. The van der Waals surface area contributed by atoms with Gasteiger partial charge in [-0.3, -0.25) is 4.79 Å². The molecule has 0 saturated heterocycles. The van der Waals surface area contributed by atoms with Gasteiger partial charge in [-0.2, -0.15) is 0 Å². The Morgan fingerprint density at radius 3 is 2.55 bits per heavy atom. The molecule has 0 radical (unpaired) electrons. The van der Waals surface area contributed by atoms with Crippen molar-refractivity contribution in [1.29, 1.82) is 0 Å². The van der Waals surface area contributed by atoms with Gasteiger partial charge in [0.15, 0.2) is 0 Å². The third-order valence-corrected chi connectivity index (χ3v) is 4.16. The number of rotatable bonds is 7. The normalized spacial score (nSPS) is 10.7. The second-order valence-corrected chi connectivity index (χ2v) is 5.85. The van der Waals surface area contributed by atoms with E-state index in [1.807, 2.05) is 31.2 Å². The summed E-state index contributed by atoms with van der Waals surface area (Å²) in [5, 5.41) is 20.5. The molecule has 0 bridgehead atoms. The molecule has 0 aliphatic carbocycles. The highest BCUT2D eigenvalue weighted by molar-refractivity contribution is 7.13. The van der Waals surface area contributed by atoms with Crippen molar-refractivity contribution in [3.8, 4) is 10.6 Å². The molecule has 0 saturated carbocycles. The Hall–Kier alpha value is -1.76. The summed E-state index contributed by atoms with van der Waals surface area (Å²) < 4.78 is 0. The molecule has 1 amide bonds. The maximum absolute atomic E-state index is 12.4. The van der Waals surface area contributed by atoms with Crippen molar-refractivity contribution in [2.45, 2.75) is 13.3 Å². The van der Waals surface area contributed by atoms with Crippen LogP contribution in [-0.2, 0) is 0 Å². The first-order chi connectivity index (χ1) is 10.7. The van der Waals surface area contributed by atoms with E-state index in [4.69, 9.17) is 10.2 Å². The van der Waals surface area contributed by atoms with Gasteiger partial charge in [0.25, 0.3) is 5.91 Å². The summed E-state index contributed by atoms with van der Waals surface area (Å²) in [5.41, 5.74) is 2.54. The average Bonchev–Trinajstić information content (AvgIpc) is 3.01. The van der Waals surface area contributed by atoms with E-state index in [1.54, 1.807) is 5.38 Å². The number of carbonyl (C=O) groups excluding carboxylic acids is 1. The number of aromatic nitrogens is 1. The number of benzene rings is 1. The molecule has 0 spiro atoms. The van der Waals surface area contributed by atoms with E-state index in [2.05, 4.69) is 4.98 Å². The summed E-state index contributed by atoms with van der Waals surface area (Å²) in [5.74, 6) is -0.211. The molecule has 118 valence electrons. The molecule has 5 nitrogen and oxygen atoms in total. The van der Waals surface area contributed by atoms with Gasteiger partial charge in [0, 0.05) is 30.6 Å². The summed E-state index contributed by atoms with van der Waals surface area (Å²) in [4.78, 5) is 18.3. The van der Waals surface area contributed by atoms with Gasteiger partial charge < -0.3 is 15.1 Å². The Morgan fingerprint density at radius 2 is 1.91 bits per heavy atom. The fraction of sp³-hybridized carbons (Fsp3) is 0.375. The second kappa shape index (κ2) is 8.03. The number of aliphatic hydroxyl groups excluding tert-OH is 2. The largest absolute Gasteiger partial charge is 0.396 e. The molecule has 0 atom stereocenters. The maximum atomic E-state index is 12.4. The highest BCUT2D eigenvalue weighted by Gasteiger charge is 2.18. The number of hydrogen-bond donors (Lipinski definition) is 2. The van der Waals surface area contributed by atoms with E-state index in [-0.39, 0.29) is 25.7 Å². The zero-order valence-electron chi connectivity index (χ0n) is 12.5. The first-order valence-electron chi connectivity index (χ1n) is 7.19. The van der Waals surface area contributed by atoms with E-state index in [0.717, 1.165) is 10.6 Å². The van der Waals surface area contributed by atoms with Gasteiger partial charge in [-0.25, -0.2) is 4.98 Å². The minimum absolute atomic E-state index is 0.0148. The molecule has 2 rings (SSSR count). The minimum atomic E-state index is -0.211. The monoisotopic (exact) mass is 320 g/mol. The number of thiazole rings is 1. The lowest BCUT2D eigenvalue weighted by Gasteiger charge is -2.20. The number of aliphatic hydroxyl groups is 2. The van der Waals surface area contributed by atoms with Crippen molar-refractivity contribution < 1.29 is 15.0 Å². The molecule has 0 aliphatic heterocycles. The van der Waals surface area contributed by atoms with Crippen molar-refractivity contribution >= 4 is 17.2 Å². The molecular formula is C16H20N2O3S. The van der Waals surface area contributed by atoms with Crippen molar-refractivity contribution in [3.05, 3.63) is 40.9 Å². The lowest BCUT2D eigenvalue weighted by Crippen LogP contribution is -2.35. The fourth-order valence-corrected chi connectivity index (χ4v) is 2.86. The van der Waals surface area contributed by atoms with Crippen LogP contribution in [0.25, 0.3) is 10.6 Å². The summed E-state index contributed by atoms with van der Waals surface area (Å²) >= 11 is 1.43. The van der Waals surface area contributed by atoms with Gasteiger partial charge in [-0.15, -0.1) is 11.3 Å². The molecule has 2 aromatic rings. The van der Waals surface area contributed by atoms with Gasteiger partial charge >= 0.3 is 0 Å². The number of amides is 1. The van der Waals surface area contributed by atoms with Crippen LogP contribution in [-0.4, -0.2) is 52.3 Å². The SMILES string of the molecule is Cc1ccc(-c2nc(C(=O)N(CCO)CCCO)cs2)cc1. The molecule has 1 aromatic carbocycles. The van der Waals surface area contributed by atoms with Crippen LogP contribution in [0.3, 0.4) is 0 Å². The van der Waals surface area contributed by atoms with Gasteiger partial charge in [0.1, 0.15) is 10.7 Å². The Kier molecular flexibility index (Phi) is 6.06. The fourth-order valence-electron chi connectivity index (χ4n) is 2.06. The molecule has 1 aromatic heterocycles. The zero-order chi connectivity index (χ0) is 15.9. The van der Waals surface area contributed by atoms with Crippen molar-refractivity contribution in [1.82, 2.24) is 9.88 Å². The van der Waals surface area contributed by atoms with E-state index < -0.39 is 0 Å². The molecule has 22 heavy (non-hydrogen) atoms. The van der Waals surface area contributed by atoms with Crippen molar-refractivity contribution in [2.24, 2.45) is 0 Å². The minimum Gasteiger partial charge on any atom is -0.396 e. The van der Waals surface area contributed by atoms with Crippen LogP contribution in [0, 0.1) is 6.92 Å². The summed E-state index contributed by atoms with van der Waals surface area (Å²) in [6.07, 6.45) is 0.487. The Balaban J connectivity index is 2.14. The van der Waals surface area contributed by atoms with Crippen LogP contribution in [0.1, 0.15) is 22.5 Å². The molecule has 0 unspecified atom stereocenters. The topological polar surface area (TPSA) is 73.7 Å². The predicted octanol–water partition coefficient (Wildman–Crippen LogP) is 1.94. The van der Waals surface area contributed by atoms with Gasteiger partial charge in [0.2, 0.25) is 0 Å². The zero-order valence-corrected chi connectivity index (χ0v) is 13.3. The Bertz CT molecular complexity index is 610. The number of hydrogen-bond acceptors (Lipinski definition) is 5. The van der Waals surface area contributed by atoms with Crippen LogP contribution >= 0.6 is 11.3 Å². The van der Waals surface area contributed by atoms with Gasteiger partial charge in [-0.1, -0.05) is 29.8 Å². The molecule has 2 N–H and O–H groups in total. The van der Waals surface area contributed by atoms with E-state index >= 15 is 0 Å². The third-order valence-electron chi connectivity index (χ3n) is 3.27.